The van der Waals surface area contributed by atoms with Gasteiger partial charge in [-0.15, -0.1) is 0 Å². The van der Waals surface area contributed by atoms with Gasteiger partial charge >= 0.3 is 5.97 Å². The van der Waals surface area contributed by atoms with Gasteiger partial charge in [-0.2, -0.15) is 0 Å². The topological polar surface area (TPSA) is 88.5 Å². The number of amides is 1. The van der Waals surface area contributed by atoms with Gasteiger partial charge in [0.1, 0.15) is 5.75 Å². The van der Waals surface area contributed by atoms with Crippen molar-refractivity contribution in [3.8, 4) is 17.2 Å². The van der Waals surface area contributed by atoms with Gasteiger partial charge in [-0.1, -0.05) is 25.1 Å². The number of benzene rings is 2. The van der Waals surface area contributed by atoms with Crippen LogP contribution in [0.2, 0.25) is 0 Å². The predicted molar refractivity (Wildman–Crippen MR) is 126 cm³/mol. The van der Waals surface area contributed by atoms with Crippen LogP contribution in [0.25, 0.3) is 0 Å². The molecule has 8 heteroatoms. The number of methoxy groups -OCH3 is 1. The van der Waals surface area contributed by atoms with E-state index in [2.05, 4.69) is 0 Å². The maximum Gasteiger partial charge on any atom is 0.309 e. The van der Waals surface area contributed by atoms with Gasteiger partial charge in [0.25, 0.3) is 0 Å². The highest BCUT2D eigenvalue weighted by molar-refractivity contribution is 5.79. The molecule has 1 amide bonds. The zero-order chi connectivity index (χ0) is 24.2. The van der Waals surface area contributed by atoms with Crippen LogP contribution in [-0.4, -0.2) is 66.9 Å². The SMILES string of the molecule is CCCN(CC)C(=O)CN1CC(c2ccc(OC)cc2)C(C(=O)O)C1c1ccc2c(c1)OCO2. The number of likely N-dealkylation sites (tertiary alicyclic amines) is 1. The van der Waals surface area contributed by atoms with E-state index in [1.807, 2.05) is 66.1 Å². The number of carbonyl (C=O) groups is 2. The molecule has 0 bridgehead atoms. The van der Waals surface area contributed by atoms with Gasteiger partial charge < -0.3 is 24.2 Å². The van der Waals surface area contributed by atoms with Crippen molar-refractivity contribution in [1.82, 2.24) is 9.80 Å². The van der Waals surface area contributed by atoms with Crippen molar-refractivity contribution in [2.24, 2.45) is 5.92 Å². The first kappa shape index (κ1) is 23.9. The largest absolute Gasteiger partial charge is 0.497 e. The molecule has 3 unspecified atom stereocenters. The van der Waals surface area contributed by atoms with Crippen molar-refractivity contribution in [2.75, 3.05) is 40.1 Å². The first-order valence-corrected chi connectivity index (χ1v) is 11.7. The summed E-state index contributed by atoms with van der Waals surface area (Å²) in [4.78, 5) is 29.6. The lowest BCUT2D eigenvalue weighted by Crippen LogP contribution is -2.41. The number of nitrogens with zero attached hydrogens (tertiary/aromatic N) is 2. The van der Waals surface area contributed by atoms with Crippen LogP contribution in [0.1, 0.15) is 43.4 Å². The summed E-state index contributed by atoms with van der Waals surface area (Å²) in [6.07, 6.45) is 0.872. The van der Waals surface area contributed by atoms with Crippen LogP contribution in [0.4, 0.5) is 0 Å². The Balaban J connectivity index is 1.71. The highest BCUT2D eigenvalue weighted by atomic mass is 16.7. The number of likely N-dealkylation sites (N-methyl/N-ethyl adjacent to an activating group) is 1. The van der Waals surface area contributed by atoms with Gasteiger partial charge in [0.2, 0.25) is 12.7 Å². The lowest BCUT2D eigenvalue weighted by atomic mass is 9.83. The number of carboxylic acids is 1. The lowest BCUT2D eigenvalue weighted by Gasteiger charge is -2.29. The molecule has 2 aliphatic rings. The Hall–Kier alpha value is -3.26. The van der Waals surface area contributed by atoms with E-state index in [1.54, 1.807) is 7.11 Å². The number of fused-ring (bicyclic) bond motifs is 1. The monoisotopic (exact) mass is 468 g/mol. The number of aliphatic carboxylic acids is 1. The summed E-state index contributed by atoms with van der Waals surface area (Å²) in [5, 5.41) is 10.4. The average molecular weight is 469 g/mol. The summed E-state index contributed by atoms with van der Waals surface area (Å²) in [7, 11) is 1.60. The van der Waals surface area contributed by atoms with E-state index in [0.29, 0.717) is 36.9 Å². The molecular formula is C26H32N2O6. The predicted octanol–water partition coefficient (Wildman–Crippen LogP) is 3.52. The Morgan fingerprint density at radius 1 is 1.09 bits per heavy atom. The molecule has 182 valence electrons. The van der Waals surface area contributed by atoms with Crippen LogP contribution in [0.15, 0.2) is 42.5 Å². The van der Waals surface area contributed by atoms with Gasteiger partial charge in [0, 0.05) is 31.6 Å². The summed E-state index contributed by atoms with van der Waals surface area (Å²) in [5.41, 5.74) is 1.72. The van der Waals surface area contributed by atoms with Gasteiger partial charge in [-0.05, 0) is 48.7 Å². The summed E-state index contributed by atoms with van der Waals surface area (Å²) in [6.45, 7) is 6.07. The molecule has 2 aromatic rings. The van der Waals surface area contributed by atoms with E-state index in [4.69, 9.17) is 14.2 Å². The minimum absolute atomic E-state index is 0.00890. The lowest BCUT2D eigenvalue weighted by molar-refractivity contribution is -0.143. The molecule has 0 aromatic heterocycles. The molecule has 34 heavy (non-hydrogen) atoms. The second kappa shape index (κ2) is 10.3. The van der Waals surface area contributed by atoms with Crippen LogP contribution in [0, 0.1) is 5.92 Å². The van der Waals surface area contributed by atoms with Gasteiger partial charge in [-0.25, -0.2) is 0 Å². The van der Waals surface area contributed by atoms with E-state index in [-0.39, 0.29) is 25.2 Å². The van der Waals surface area contributed by atoms with Crippen LogP contribution in [0.3, 0.4) is 0 Å². The van der Waals surface area contributed by atoms with Crippen LogP contribution >= 0.6 is 0 Å². The van der Waals surface area contributed by atoms with Crippen molar-refractivity contribution < 1.29 is 28.9 Å². The van der Waals surface area contributed by atoms with E-state index >= 15 is 0 Å². The second-order valence-corrected chi connectivity index (χ2v) is 8.70. The molecule has 2 aliphatic heterocycles. The Morgan fingerprint density at radius 3 is 2.44 bits per heavy atom. The summed E-state index contributed by atoms with van der Waals surface area (Å²) in [6, 6.07) is 12.6. The molecule has 8 nitrogen and oxygen atoms in total. The molecule has 1 fully saturated rings. The maximum absolute atomic E-state index is 13.2. The first-order valence-electron chi connectivity index (χ1n) is 11.7. The van der Waals surface area contributed by atoms with Crippen molar-refractivity contribution in [1.29, 1.82) is 0 Å². The Labute approximate surface area is 200 Å². The van der Waals surface area contributed by atoms with Crippen molar-refractivity contribution in [3.63, 3.8) is 0 Å². The summed E-state index contributed by atoms with van der Waals surface area (Å²) < 4.78 is 16.3. The number of rotatable bonds is 9. The van der Waals surface area contributed by atoms with Crippen molar-refractivity contribution in [3.05, 3.63) is 53.6 Å². The van der Waals surface area contributed by atoms with Crippen LogP contribution < -0.4 is 14.2 Å². The molecule has 1 N–H and O–H groups in total. The Morgan fingerprint density at radius 2 is 1.79 bits per heavy atom. The first-order chi connectivity index (χ1) is 16.5. The Bertz CT molecular complexity index is 1020. The third-order valence-corrected chi connectivity index (χ3v) is 6.73. The third kappa shape index (κ3) is 4.68. The molecule has 4 rings (SSSR count). The minimum atomic E-state index is -0.890. The molecule has 2 aromatic carbocycles. The molecule has 2 heterocycles. The zero-order valence-electron chi connectivity index (χ0n) is 19.9. The maximum atomic E-state index is 13.2. The normalized spacial score (nSPS) is 21.4. The molecular weight excluding hydrogens is 436 g/mol. The Kier molecular flexibility index (Phi) is 7.26. The average Bonchev–Trinajstić information content (AvgIpc) is 3.46. The fourth-order valence-electron chi connectivity index (χ4n) is 5.08. The molecule has 1 saturated heterocycles. The number of carbonyl (C=O) groups excluding carboxylic acids is 1. The molecule has 3 atom stereocenters. The molecule has 0 radical (unpaired) electrons. The number of hydrogen-bond acceptors (Lipinski definition) is 6. The molecule has 0 aliphatic carbocycles. The summed E-state index contributed by atoms with van der Waals surface area (Å²) in [5.74, 6) is 0.0563. The quantitative estimate of drug-likeness (QED) is 0.602. The third-order valence-electron chi connectivity index (χ3n) is 6.73. The van der Waals surface area contributed by atoms with Crippen LogP contribution in [0.5, 0.6) is 17.2 Å². The van der Waals surface area contributed by atoms with E-state index in [9.17, 15) is 14.7 Å². The fourth-order valence-corrected chi connectivity index (χ4v) is 5.08. The smallest absolute Gasteiger partial charge is 0.309 e. The number of hydrogen-bond donors (Lipinski definition) is 1. The summed E-state index contributed by atoms with van der Waals surface area (Å²) >= 11 is 0. The van der Waals surface area contributed by atoms with Crippen molar-refractivity contribution >= 4 is 11.9 Å². The van der Waals surface area contributed by atoms with Crippen LogP contribution in [-0.2, 0) is 9.59 Å². The second-order valence-electron chi connectivity index (χ2n) is 8.70. The molecule has 0 saturated carbocycles. The zero-order valence-corrected chi connectivity index (χ0v) is 19.9. The van der Waals surface area contributed by atoms with Crippen molar-refractivity contribution in [2.45, 2.75) is 32.2 Å². The standard InChI is InChI=1S/C26H32N2O6/c1-4-12-27(5-2)23(29)15-28-14-20(17-6-9-19(32-3)10-7-17)24(26(30)31)25(28)18-8-11-21-22(13-18)34-16-33-21/h6-11,13,20,24-25H,4-5,12,14-16H2,1-3H3,(H,30,31). The van der Waals surface area contributed by atoms with E-state index in [1.165, 1.54) is 0 Å². The van der Waals surface area contributed by atoms with E-state index < -0.39 is 17.9 Å². The highest BCUT2D eigenvalue weighted by Crippen LogP contribution is 2.47. The minimum Gasteiger partial charge on any atom is -0.497 e. The van der Waals surface area contributed by atoms with E-state index in [0.717, 1.165) is 17.5 Å². The fraction of sp³-hybridized carbons (Fsp3) is 0.462. The van der Waals surface area contributed by atoms with Gasteiger partial charge in [0.05, 0.1) is 19.6 Å². The molecule has 0 spiro atoms. The number of carboxylic acid groups (broad SMARTS) is 1. The number of ether oxygens (including phenoxy) is 3. The van der Waals surface area contributed by atoms with Gasteiger partial charge in [-0.3, -0.25) is 14.5 Å². The highest BCUT2D eigenvalue weighted by Gasteiger charge is 2.48. The van der Waals surface area contributed by atoms with Gasteiger partial charge in [0.15, 0.2) is 11.5 Å².